The number of nitrogens with zero attached hydrogens (tertiary/aromatic N) is 3. The molecule has 8 nitrogen and oxygen atoms in total. The predicted molar refractivity (Wildman–Crippen MR) is 118 cm³/mol. The molecule has 2 N–H and O–H groups in total. The minimum atomic E-state index is -3.15. The number of guanidine groups is 1. The molecule has 1 aliphatic heterocycles. The van der Waals surface area contributed by atoms with Crippen LogP contribution in [0.3, 0.4) is 0 Å². The Bertz CT molecular complexity index is 767. The maximum absolute atomic E-state index is 13.4. The van der Waals surface area contributed by atoms with E-state index in [9.17, 15) is 12.8 Å². The van der Waals surface area contributed by atoms with Crippen molar-refractivity contribution in [1.29, 1.82) is 0 Å². The average Bonchev–Trinajstić information content (AvgIpc) is 2.76. The van der Waals surface area contributed by atoms with Gasteiger partial charge in [-0.2, -0.15) is 0 Å². The van der Waals surface area contributed by atoms with Gasteiger partial charge in [0.1, 0.15) is 5.82 Å². The van der Waals surface area contributed by atoms with E-state index in [0.29, 0.717) is 45.2 Å². The lowest BCUT2D eigenvalue weighted by Crippen LogP contribution is -2.46. The molecule has 1 aliphatic rings. The summed E-state index contributed by atoms with van der Waals surface area (Å²) >= 11 is 0. The fourth-order valence-electron chi connectivity index (χ4n) is 3.31. The van der Waals surface area contributed by atoms with Gasteiger partial charge in [-0.05, 0) is 31.0 Å². The van der Waals surface area contributed by atoms with Gasteiger partial charge in [0.2, 0.25) is 10.0 Å². The molecule has 0 radical (unpaired) electrons. The van der Waals surface area contributed by atoms with Crippen LogP contribution in [-0.4, -0.2) is 89.4 Å². The van der Waals surface area contributed by atoms with Crippen molar-refractivity contribution in [2.75, 3.05) is 65.8 Å². The summed E-state index contributed by atoms with van der Waals surface area (Å²) in [5, 5.41) is 6.57. The van der Waals surface area contributed by atoms with Crippen LogP contribution >= 0.6 is 0 Å². The molecule has 170 valence electrons. The Kier molecular flexibility index (Phi) is 9.96. The second-order valence-electron chi connectivity index (χ2n) is 7.17. The van der Waals surface area contributed by atoms with Crippen LogP contribution in [0.2, 0.25) is 0 Å². The second kappa shape index (κ2) is 12.2. The van der Waals surface area contributed by atoms with E-state index in [2.05, 4.69) is 20.5 Å². The fraction of sp³-hybridized carbons (Fsp3) is 0.650. The molecular weight excluding hydrogens is 409 g/mol. The SMILES string of the molecule is CCS(=O)(=O)N(C)CCCNC(=NC)NCC(c1ccc(F)cc1)N1CCOCC1. The van der Waals surface area contributed by atoms with Crippen molar-refractivity contribution in [3.8, 4) is 0 Å². The van der Waals surface area contributed by atoms with E-state index in [1.54, 1.807) is 21.0 Å². The summed E-state index contributed by atoms with van der Waals surface area (Å²) in [6, 6.07) is 6.66. The molecular formula is C20H34FN5O3S. The third-order valence-electron chi connectivity index (χ3n) is 5.21. The lowest BCUT2D eigenvalue weighted by molar-refractivity contribution is 0.0170. The zero-order chi connectivity index (χ0) is 22.0. The van der Waals surface area contributed by atoms with Gasteiger partial charge in [-0.1, -0.05) is 12.1 Å². The minimum Gasteiger partial charge on any atom is -0.379 e. The van der Waals surface area contributed by atoms with Crippen molar-refractivity contribution in [2.24, 2.45) is 4.99 Å². The van der Waals surface area contributed by atoms with Gasteiger partial charge in [0.05, 0.1) is 25.0 Å². The van der Waals surface area contributed by atoms with Gasteiger partial charge >= 0.3 is 0 Å². The molecule has 1 heterocycles. The first-order chi connectivity index (χ1) is 14.4. The van der Waals surface area contributed by atoms with E-state index in [0.717, 1.165) is 18.7 Å². The molecule has 1 aromatic rings. The molecule has 0 saturated carbocycles. The third-order valence-corrected chi connectivity index (χ3v) is 7.07. The summed E-state index contributed by atoms with van der Waals surface area (Å²) in [6.45, 7) is 6.28. The quantitative estimate of drug-likeness (QED) is 0.319. The van der Waals surface area contributed by atoms with E-state index in [1.165, 1.54) is 16.4 Å². The van der Waals surface area contributed by atoms with Gasteiger partial charge in [-0.15, -0.1) is 0 Å². The summed E-state index contributed by atoms with van der Waals surface area (Å²) in [6.07, 6.45) is 0.668. The number of hydrogen-bond donors (Lipinski definition) is 2. The Morgan fingerprint density at radius 2 is 1.93 bits per heavy atom. The summed E-state index contributed by atoms with van der Waals surface area (Å²) in [5.74, 6) is 0.503. The van der Waals surface area contributed by atoms with Gasteiger partial charge in [0, 0.05) is 46.8 Å². The zero-order valence-electron chi connectivity index (χ0n) is 18.1. The molecule has 1 saturated heterocycles. The molecule has 2 rings (SSSR count). The Morgan fingerprint density at radius 3 is 2.53 bits per heavy atom. The van der Waals surface area contributed by atoms with Crippen LogP contribution in [0.1, 0.15) is 24.9 Å². The first kappa shape index (κ1) is 24.5. The first-order valence-corrected chi connectivity index (χ1v) is 11.9. The Hall–Kier alpha value is -1.75. The maximum atomic E-state index is 13.4. The highest BCUT2D eigenvalue weighted by atomic mass is 32.2. The molecule has 0 spiro atoms. The lowest BCUT2D eigenvalue weighted by atomic mass is 10.0. The van der Waals surface area contributed by atoms with Gasteiger partial charge in [0.15, 0.2) is 5.96 Å². The van der Waals surface area contributed by atoms with Crippen LogP contribution in [-0.2, 0) is 14.8 Å². The highest BCUT2D eigenvalue weighted by Crippen LogP contribution is 2.21. The minimum absolute atomic E-state index is 0.0638. The molecule has 1 unspecified atom stereocenters. The van der Waals surface area contributed by atoms with Crippen LogP contribution in [0.4, 0.5) is 4.39 Å². The number of rotatable bonds is 10. The van der Waals surface area contributed by atoms with Crippen molar-refractivity contribution in [2.45, 2.75) is 19.4 Å². The molecule has 10 heteroatoms. The standard InChI is InChI=1S/C20H34FN5O3S/c1-4-30(27,28)25(3)11-5-10-23-20(22-2)24-16-19(26-12-14-29-15-13-26)17-6-8-18(21)9-7-17/h6-9,19H,4-5,10-16H2,1-3H3,(H2,22,23,24). The lowest BCUT2D eigenvalue weighted by Gasteiger charge is -2.35. The largest absolute Gasteiger partial charge is 0.379 e. The number of ether oxygens (including phenoxy) is 1. The van der Waals surface area contributed by atoms with Crippen molar-refractivity contribution in [3.05, 3.63) is 35.6 Å². The van der Waals surface area contributed by atoms with E-state index >= 15 is 0 Å². The summed E-state index contributed by atoms with van der Waals surface area (Å²) in [7, 11) is 0.143. The summed E-state index contributed by atoms with van der Waals surface area (Å²) in [5.41, 5.74) is 1.03. The number of hydrogen-bond acceptors (Lipinski definition) is 5. The number of morpholine rings is 1. The molecule has 1 aromatic carbocycles. The smallest absolute Gasteiger partial charge is 0.213 e. The number of nitrogens with one attached hydrogen (secondary N) is 2. The van der Waals surface area contributed by atoms with Gasteiger partial charge in [-0.25, -0.2) is 17.1 Å². The maximum Gasteiger partial charge on any atom is 0.213 e. The van der Waals surface area contributed by atoms with Gasteiger partial charge in [-0.3, -0.25) is 9.89 Å². The average molecular weight is 444 g/mol. The summed E-state index contributed by atoms with van der Waals surface area (Å²) < 4.78 is 43.8. The van der Waals surface area contributed by atoms with Crippen LogP contribution < -0.4 is 10.6 Å². The third kappa shape index (κ3) is 7.50. The van der Waals surface area contributed by atoms with Crippen LogP contribution in [0.15, 0.2) is 29.3 Å². The van der Waals surface area contributed by atoms with E-state index in [4.69, 9.17) is 4.74 Å². The Morgan fingerprint density at radius 1 is 1.27 bits per heavy atom. The topological polar surface area (TPSA) is 86.3 Å². The first-order valence-electron chi connectivity index (χ1n) is 10.3. The molecule has 30 heavy (non-hydrogen) atoms. The van der Waals surface area contributed by atoms with E-state index in [1.807, 2.05) is 12.1 Å². The summed E-state index contributed by atoms with van der Waals surface area (Å²) in [4.78, 5) is 6.57. The van der Waals surface area contributed by atoms with Crippen LogP contribution in [0, 0.1) is 5.82 Å². The highest BCUT2D eigenvalue weighted by Gasteiger charge is 2.23. The van der Waals surface area contributed by atoms with Crippen molar-refractivity contribution >= 4 is 16.0 Å². The van der Waals surface area contributed by atoms with Crippen molar-refractivity contribution < 1.29 is 17.5 Å². The number of halogens is 1. The Balaban J connectivity index is 1.88. The molecule has 0 amide bonds. The van der Waals surface area contributed by atoms with Gasteiger partial charge < -0.3 is 15.4 Å². The Labute approximate surface area is 179 Å². The second-order valence-corrected chi connectivity index (χ2v) is 9.54. The number of aliphatic imine (C=N–C) groups is 1. The number of sulfonamides is 1. The normalized spacial score (nSPS) is 17.2. The van der Waals surface area contributed by atoms with Gasteiger partial charge in [0.25, 0.3) is 0 Å². The molecule has 1 atom stereocenters. The predicted octanol–water partition coefficient (Wildman–Crippen LogP) is 1.04. The molecule has 1 fully saturated rings. The van der Waals surface area contributed by atoms with Crippen LogP contribution in [0.25, 0.3) is 0 Å². The van der Waals surface area contributed by atoms with Crippen LogP contribution in [0.5, 0.6) is 0 Å². The molecule has 0 aromatic heterocycles. The fourth-order valence-corrected chi connectivity index (χ4v) is 4.16. The van der Waals surface area contributed by atoms with Crippen molar-refractivity contribution in [1.82, 2.24) is 19.8 Å². The molecule has 0 aliphatic carbocycles. The number of benzene rings is 1. The highest BCUT2D eigenvalue weighted by molar-refractivity contribution is 7.89. The monoisotopic (exact) mass is 443 g/mol. The zero-order valence-corrected chi connectivity index (χ0v) is 18.9. The van der Waals surface area contributed by atoms with Crippen molar-refractivity contribution in [3.63, 3.8) is 0 Å². The van der Waals surface area contributed by atoms with E-state index in [-0.39, 0.29) is 17.6 Å². The molecule has 0 bridgehead atoms. The van der Waals surface area contributed by atoms with E-state index < -0.39 is 10.0 Å².